The quantitative estimate of drug-likeness (QED) is 0.266. The highest BCUT2D eigenvalue weighted by molar-refractivity contribution is 7.32. The van der Waals surface area contributed by atoms with E-state index in [1.807, 2.05) is 0 Å². The highest BCUT2D eigenvalue weighted by Crippen LogP contribution is 2.16. The van der Waals surface area contributed by atoms with E-state index in [9.17, 15) is 4.57 Å². The van der Waals surface area contributed by atoms with E-state index in [1.165, 1.54) is 72.7 Å². The van der Waals surface area contributed by atoms with Gasteiger partial charge in [-0.1, -0.05) is 64.7 Å². The molecule has 0 heterocycles. The molecule has 0 radical (unpaired) electrons. The lowest BCUT2D eigenvalue weighted by molar-refractivity contribution is -0.502. The first kappa shape index (κ1) is 25.2. The smallest absolute Gasteiger partial charge is 0.316 e. The molecule has 0 fully saturated rings. The zero-order chi connectivity index (χ0) is 17.8. The number of unbranched alkanes of at least 4 members (excludes halogenated alkanes) is 9. The van der Waals surface area contributed by atoms with Gasteiger partial charge in [-0.25, -0.2) is 0 Å². The maximum atomic E-state index is 10.2. The summed E-state index contributed by atoms with van der Waals surface area (Å²) in [6.07, 6.45) is 12.7. The topological polar surface area (TPSA) is 77.5 Å². The van der Waals surface area contributed by atoms with Gasteiger partial charge >= 0.3 is 8.25 Å². The van der Waals surface area contributed by atoms with Gasteiger partial charge in [0.25, 0.3) is 0 Å². The van der Waals surface area contributed by atoms with Crippen LogP contribution in [0.1, 0.15) is 71.1 Å². The van der Waals surface area contributed by atoms with E-state index in [2.05, 4.69) is 26.0 Å². The lowest BCUT2D eigenvalue weighted by atomic mass is 10.1. The molecular weight excluding hydrogens is 321 g/mol. The minimum absolute atomic E-state index is 0.435. The molecule has 0 saturated heterocycles. The number of rotatable bonds is 15. The van der Waals surface area contributed by atoms with E-state index in [0.717, 1.165) is 18.2 Å². The summed E-state index contributed by atoms with van der Waals surface area (Å²) in [7, 11) is 1.62. The van der Waals surface area contributed by atoms with Gasteiger partial charge in [-0.2, -0.15) is 0 Å². The first-order chi connectivity index (χ1) is 11.1. The predicted octanol–water partition coefficient (Wildman–Crippen LogP) is 4.28. The van der Waals surface area contributed by atoms with Gasteiger partial charge in [0.1, 0.15) is 0 Å². The van der Waals surface area contributed by atoms with Crippen molar-refractivity contribution in [3.63, 3.8) is 0 Å². The Kier molecular flexibility index (Phi) is 24.1. The number of hydrogen-bond donors (Lipinski definition) is 1. The van der Waals surface area contributed by atoms with Crippen molar-refractivity contribution in [1.29, 1.82) is 0 Å². The number of nitrogens with zero attached hydrogens (tertiary/aromatic N) is 1. The van der Waals surface area contributed by atoms with Gasteiger partial charge in [0, 0.05) is 0 Å². The standard InChI is InChI=1S/C12H27O3P.C3H9NO3/c1-2-3-4-5-6-7-8-9-10-11-12-15-16(13)14;1-5-4(6-2)7-3/h16H,2-12H2,1H3,(H,13,14);1-3H3. The SMILES string of the molecule is CCCCCCCCCCCCO[PH](=O)O.CON(OC)OC. The van der Waals surface area contributed by atoms with Crippen LogP contribution in [-0.4, -0.2) is 38.2 Å². The molecule has 0 bridgehead atoms. The second kappa shape index (κ2) is 22.0. The summed E-state index contributed by atoms with van der Waals surface area (Å²) in [6.45, 7) is 2.67. The average molecular weight is 357 g/mol. The molecule has 0 aromatic rings. The van der Waals surface area contributed by atoms with Crippen molar-refractivity contribution in [3.05, 3.63) is 0 Å². The minimum Gasteiger partial charge on any atom is -0.326 e. The van der Waals surface area contributed by atoms with Crippen LogP contribution in [0.2, 0.25) is 0 Å². The molecule has 7 nitrogen and oxygen atoms in total. The fourth-order valence-corrected chi connectivity index (χ4v) is 2.29. The number of hydrogen-bond acceptors (Lipinski definition) is 6. The van der Waals surface area contributed by atoms with E-state index in [0.29, 0.717) is 6.61 Å². The Hall–Kier alpha value is -0.0100. The molecule has 0 aliphatic carbocycles. The van der Waals surface area contributed by atoms with Crippen LogP contribution in [0.15, 0.2) is 0 Å². The zero-order valence-electron chi connectivity index (χ0n) is 15.2. The van der Waals surface area contributed by atoms with Crippen LogP contribution >= 0.6 is 8.25 Å². The van der Waals surface area contributed by atoms with Gasteiger partial charge in [0.05, 0.1) is 33.3 Å². The first-order valence-electron chi connectivity index (χ1n) is 8.40. The monoisotopic (exact) mass is 357 g/mol. The second-order valence-electron chi connectivity index (χ2n) is 5.07. The molecule has 0 saturated carbocycles. The third-order valence-corrected chi connectivity index (χ3v) is 3.62. The van der Waals surface area contributed by atoms with Crippen LogP contribution in [-0.2, 0) is 23.6 Å². The zero-order valence-corrected chi connectivity index (χ0v) is 16.2. The van der Waals surface area contributed by atoms with Crippen molar-refractivity contribution < 1.29 is 28.5 Å². The van der Waals surface area contributed by atoms with Crippen molar-refractivity contribution in [2.45, 2.75) is 71.1 Å². The van der Waals surface area contributed by atoms with Gasteiger partial charge in [-0.15, -0.1) is 0 Å². The Labute approximate surface area is 142 Å². The van der Waals surface area contributed by atoms with Crippen LogP contribution < -0.4 is 0 Å². The maximum absolute atomic E-state index is 10.2. The summed E-state index contributed by atoms with van der Waals surface area (Å²) in [5.74, 6) is 0. The molecule has 0 rings (SSSR count). The Bertz CT molecular complexity index is 236. The molecule has 0 aliphatic rings. The third-order valence-electron chi connectivity index (χ3n) is 3.17. The van der Waals surface area contributed by atoms with Crippen molar-refractivity contribution in [2.24, 2.45) is 0 Å². The third kappa shape index (κ3) is 24.4. The van der Waals surface area contributed by atoms with E-state index < -0.39 is 8.25 Å². The first-order valence-corrected chi connectivity index (χ1v) is 9.66. The molecule has 0 amide bonds. The lowest BCUT2D eigenvalue weighted by Crippen LogP contribution is -2.18. The maximum Gasteiger partial charge on any atom is 0.316 e. The van der Waals surface area contributed by atoms with Crippen molar-refractivity contribution in [1.82, 2.24) is 5.39 Å². The molecule has 0 aromatic heterocycles. The largest absolute Gasteiger partial charge is 0.326 e. The summed E-state index contributed by atoms with van der Waals surface area (Å²) >= 11 is 0. The molecule has 1 N–H and O–H groups in total. The molecule has 0 aromatic carbocycles. The van der Waals surface area contributed by atoms with Crippen LogP contribution in [0, 0.1) is 0 Å². The average Bonchev–Trinajstić information content (AvgIpc) is 2.54. The van der Waals surface area contributed by atoms with Gasteiger partial charge in [-0.05, 0) is 6.42 Å². The fraction of sp³-hybridized carbons (Fsp3) is 1.00. The summed E-state index contributed by atoms with van der Waals surface area (Å²) in [4.78, 5) is 21.7. The summed E-state index contributed by atoms with van der Waals surface area (Å²) in [5.41, 5.74) is 0. The molecule has 1 atom stereocenters. The molecule has 0 spiro atoms. The van der Waals surface area contributed by atoms with Crippen molar-refractivity contribution in [2.75, 3.05) is 27.9 Å². The second-order valence-corrected chi connectivity index (χ2v) is 5.89. The van der Waals surface area contributed by atoms with Crippen molar-refractivity contribution >= 4 is 8.25 Å². The molecule has 1 unspecified atom stereocenters. The highest BCUT2D eigenvalue weighted by Gasteiger charge is 1.94. The Morgan fingerprint density at radius 1 is 0.783 bits per heavy atom. The molecule has 8 heteroatoms. The fourth-order valence-electron chi connectivity index (χ4n) is 1.97. The Morgan fingerprint density at radius 2 is 1.17 bits per heavy atom. The minimum atomic E-state index is -2.69. The van der Waals surface area contributed by atoms with E-state index in [-0.39, 0.29) is 0 Å². The summed E-state index contributed by atoms with van der Waals surface area (Å²) in [5, 5.41) is 0.875. The van der Waals surface area contributed by atoms with Crippen LogP contribution in [0.4, 0.5) is 0 Å². The van der Waals surface area contributed by atoms with Gasteiger partial charge in [-0.3, -0.25) is 19.1 Å². The van der Waals surface area contributed by atoms with Crippen molar-refractivity contribution in [3.8, 4) is 0 Å². The van der Waals surface area contributed by atoms with Gasteiger partial charge in [0.15, 0.2) is 0 Å². The molecular formula is C15H36NO6P. The van der Waals surface area contributed by atoms with E-state index in [4.69, 9.17) is 4.89 Å². The molecule has 142 valence electrons. The Balaban J connectivity index is 0. The molecule has 23 heavy (non-hydrogen) atoms. The lowest BCUT2D eigenvalue weighted by Gasteiger charge is -2.10. The van der Waals surface area contributed by atoms with E-state index >= 15 is 0 Å². The van der Waals surface area contributed by atoms with Gasteiger partial charge in [0.2, 0.25) is 0 Å². The van der Waals surface area contributed by atoms with Gasteiger partial charge < -0.3 is 9.42 Å². The van der Waals surface area contributed by atoms with Crippen LogP contribution in [0.3, 0.4) is 0 Å². The molecule has 0 aliphatic heterocycles. The summed E-state index contributed by atoms with van der Waals surface area (Å²) < 4.78 is 14.8. The normalized spacial score (nSPS) is 12.1. The van der Waals surface area contributed by atoms with E-state index in [1.54, 1.807) is 0 Å². The Morgan fingerprint density at radius 3 is 1.48 bits per heavy atom. The predicted molar refractivity (Wildman–Crippen MR) is 91.9 cm³/mol. The van der Waals surface area contributed by atoms with Crippen LogP contribution in [0.25, 0.3) is 0 Å². The van der Waals surface area contributed by atoms with Crippen LogP contribution in [0.5, 0.6) is 0 Å². The highest BCUT2D eigenvalue weighted by atomic mass is 31.1. The summed E-state index contributed by atoms with van der Waals surface area (Å²) in [6, 6.07) is 0.